The van der Waals surface area contributed by atoms with E-state index in [9.17, 15) is 0 Å². The first kappa shape index (κ1) is 7.26. The lowest BCUT2D eigenvalue weighted by molar-refractivity contribution is 0.00283. The number of rotatable bonds is 0. The first-order valence-corrected chi connectivity index (χ1v) is 7.54. The van der Waals surface area contributed by atoms with Gasteiger partial charge in [-0.1, -0.05) is 36.6 Å². The summed E-state index contributed by atoms with van der Waals surface area (Å²) in [5.41, 5.74) is 2.75. The minimum Gasteiger partial charge on any atom is -0.303 e. The van der Waals surface area contributed by atoms with Gasteiger partial charge < -0.3 is 4.90 Å². The molecule has 0 amide bonds. The van der Waals surface area contributed by atoms with E-state index in [-0.39, 0.29) is 11.5 Å². The van der Waals surface area contributed by atoms with Gasteiger partial charge in [-0.25, -0.2) is 0 Å². The van der Waals surface area contributed by atoms with Crippen LogP contribution in [0.15, 0.2) is 18.2 Å². The highest BCUT2D eigenvalue weighted by Gasteiger charge is 2.52. The molecular weight excluding hydrogens is 230 g/mol. The smallest absolute Gasteiger partial charge is 0.0394 e. The number of piperidine rings is 1. The Bertz CT molecular complexity index is 679. The van der Waals surface area contributed by atoms with E-state index >= 15 is 0 Å². The Morgan fingerprint density at radius 3 is 3.21 bits per heavy atom. The van der Waals surface area contributed by atoms with E-state index in [4.69, 9.17) is 8.22 Å². The van der Waals surface area contributed by atoms with Gasteiger partial charge in [0.2, 0.25) is 0 Å². The summed E-state index contributed by atoms with van der Waals surface area (Å²) in [6.07, 6.45) is 5.95. The SMILES string of the molecule is [2H]C([2H])([2H])c1ccc2c(c1)[C@]13CCCC[C@H]1C(C2)N(C([2H])([2H])[2H])CC3. The van der Waals surface area contributed by atoms with Crippen LogP contribution in [0.1, 0.15) is 57.0 Å². The van der Waals surface area contributed by atoms with Crippen molar-refractivity contribution in [3.05, 3.63) is 34.9 Å². The molecule has 0 N–H and O–H groups in total. The van der Waals surface area contributed by atoms with E-state index in [0.29, 0.717) is 18.0 Å². The Morgan fingerprint density at radius 1 is 1.32 bits per heavy atom. The second kappa shape index (κ2) is 4.09. The topological polar surface area (TPSA) is 3.24 Å². The van der Waals surface area contributed by atoms with Crippen molar-refractivity contribution < 1.29 is 8.22 Å². The number of hydrogen-bond donors (Lipinski definition) is 0. The first-order valence-electron chi connectivity index (χ1n) is 10.5. The second-order valence-electron chi connectivity index (χ2n) is 6.60. The van der Waals surface area contributed by atoms with Crippen molar-refractivity contribution in [2.45, 2.75) is 56.8 Å². The third kappa shape index (κ3) is 1.57. The molecule has 1 saturated heterocycles. The van der Waals surface area contributed by atoms with Gasteiger partial charge in [0.1, 0.15) is 0 Å². The lowest BCUT2D eigenvalue weighted by atomic mass is 9.52. The zero-order valence-electron chi connectivity index (χ0n) is 17.3. The summed E-state index contributed by atoms with van der Waals surface area (Å²) in [5, 5.41) is 0. The molecule has 4 rings (SSSR count). The van der Waals surface area contributed by atoms with Gasteiger partial charge in [-0.15, -0.1) is 0 Å². The maximum atomic E-state index is 7.94. The maximum absolute atomic E-state index is 7.94. The minimum absolute atomic E-state index is 0.0283. The molecule has 1 nitrogen and oxygen atoms in total. The quantitative estimate of drug-likeness (QED) is 0.688. The number of benzene rings is 1. The van der Waals surface area contributed by atoms with Gasteiger partial charge in [0.05, 0.1) is 0 Å². The average molecular weight is 261 g/mol. The number of hydrogen-bond acceptors (Lipinski definition) is 1. The second-order valence-corrected chi connectivity index (χ2v) is 6.60. The van der Waals surface area contributed by atoms with Crippen LogP contribution in [-0.4, -0.2) is 24.5 Å². The van der Waals surface area contributed by atoms with Crippen LogP contribution < -0.4 is 0 Å². The zero-order valence-corrected chi connectivity index (χ0v) is 11.3. The number of fused-ring (bicyclic) bond motifs is 1. The van der Waals surface area contributed by atoms with E-state index < -0.39 is 13.8 Å². The zero-order chi connectivity index (χ0) is 18.0. The molecule has 102 valence electrons. The van der Waals surface area contributed by atoms with Gasteiger partial charge in [-0.3, -0.25) is 0 Å². The van der Waals surface area contributed by atoms with Crippen molar-refractivity contribution in [3.8, 4) is 0 Å². The Morgan fingerprint density at radius 2 is 2.32 bits per heavy atom. The minimum atomic E-state index is -2.09. The lowest BCUT2D eigenvalue weighted by Gasteiger charge is -2.58. The van der Waals surface area contributed by atoms with Crippen molar-refractivity contribution in [2.24, 2.45) is 5.92 Å². The molecule has 1 saturated carbocycles. The molecule has 1 unspecified atom stereocenters. The van der Waals surface area contributed by atoms with E-state index in [1.165, 1.54) is 5.56 Å². The number of aryl methyl sites for hydroxylation is 1. The molecule has 1 heterocycles. The van der Waals surface area contributed by atoms with Crippen LogP contribution in [0.25, 0.3) is 0 Å². The lowest BCUT2D eigenvalue weighted by Crippen LogP contribution is -2.59. The molecule has 0 spiro atoms. The summed E-state index contributed by atoms with van der Waals surface area (Å²) in [7, 11) is 0. The highest BCUT2D eigenvalue weighted by molar-refractivity contribution is 5.43. The summed E-state index contributed by atoms with van der Waals surface area (Å²) < 4.78 is 47.1. The fourth-order valence-corrected chi connectivity index (χ4v) is 5.01. The third-order valence-corrected chi connectivity index (χ3v) is 5.84. The Balaban J connectivity index is 1.84. The van der Waals surface area contributed by atoms with Gasteiger partial charge >= 0.3 is 0 Å². The maximum Gasteiger partial charge on any atom is 0.0394 e. The largest absolute Gasteiger partial charge is 0.303 e. The molecule has 0 aromatic heterocycles. The summed E-state index contributed by atoms with van der Waals surface area (Å²) in [6, 6.07) is 5.62. The van der Waals surface area contributed by atoms with Gasteiger partial charge in [0, 0.05) is 19.7 Å². The molecule has 1 aromatic rings. The van der Waals surface area contributed by atoms with E-state index in [1.807, 2.05) is 12.1 Å². The molecule has 0 radical (unpaired) electrons. The normalized spacial score (nSPS) is 43.6. The van der Waals surface area contributed by atoms with Gasteiger partial charge in [0.15, 0.2) is 0 Å². The van der Waals surface area contributed by atoms with Gasteiger partial charge in [-0.05, 0) is 63.1 Å². The summed E-state index contributed by atoms with van der Waals surface area (Å²) in [5.74, 6) is 0.328. The molecule has 3 atom stereocenters. The number of likely N-dealkylation sites (N-methyl/N-ethyl adjacent to an activating group) is 1. The van der Waals surface area contributed by atoms with Crippen molar-refractivity contribution in [1.29, 1.82) is 0 Å². The molecule has 1 heteroatoms. The number of likely N-dealkylation sites (tertiary alicyclic amines) is 1. The van der Waals surface area contributed by atoms with Crippen molar-refractivity contribution in [2.75, 3.05) is 13.5 Å². The van der Waals surface area contributed by atoms with Crippen molar-refractivity contribution >= 4 is 0 Å². The number of nitrogens with zero attached hydrogens (tertiary/aromatic N) is 1. The molecule has 3 aliphatic rings. The highest BCUT2D eigenvalue weighted by Crippen LogP contribution is 2.55. The standard InChI is InChI=1S/C18H25N/c1-13-6-7-14-12-17-15-5-3-4-8-18(15,16(14)11-13)9-10-19(17)2/h6-7,11,15,17H,3-5,8-10,12H2,1-2H3/t15-,17?,18-/m0/s1/i1D3,2D3. The van der Waals surface area contributed by atoms with Crippen molar-refractivity contribution in [1.82, 2.24) is 4.90 Å². The van der Waals surface area contributed by atoms with E-state index in [0.717, 1.165) is 44.1 Å². The molecule has 1 aliphatic heterocycles. The highest BCUT2D eigenvalue weighted by atomic mass is 15.1. The molecular formula is C18H25N. The van der Waals surface area contributed by atoms with Crippen LogP contribution in [0.3, 0.4) is 0 Å². The van der Waals surface area contributed by atoms with Gasteiger partial charge in [-0.2, -0.15) is 0 Å². The predicted octanol–water partition coefficient (Wildman–Crippen LogP) is 3.68. The fraction of sp³-hybridized carbons (Fsp3) is 0.667. The van der Waals surface area contributed by atoms with Crippen molar-refractivity contribution in [3.63, 3.8) is 0 Å². The summed E-state index contributed by atoms with van der Waals surface area (Å²) in [6.45, 7) is -3.56. The third-order valence-electron chi connectivity index (χ3n) is 5.84. The Hall–Kier alpha value is -0.820. The first-order chi connectivity index (χ1) is 11.6. The molecule has 1 aromatic carbocycles. The molecule has 2 fully saturated rings. The van der Waals surface area contributed by atoms with Crippen LogP contribution in [-0.2, 0) is 11.8 Å². The van der Waals surface area contributed by atoms with E-state index in [1.54, 1.807) is 11.0 Å². The van der Waals surface area contributed by atoms with Crippen LogP contribution >= 0.6 is 0 Å². The summed E-state index contributed by atoms with van der Waals surface area (Å²) in [4.78, 5) is 1.74. The predicted molar refractivity (Wildman–Crippen MR) is 79.6 cm³/mol. The fourth-order valence-electron chi connectivity index (χ4n) is 5.01. The molecule has 2 aliphatic carbocycles. The molecule has 19 heavy (non-hydrogen) atoms. The summed E-state index contributed by atoms with van der Waals surface area (Å²) >= 11 is 0. The van der Waals surface area contributed by atoms with Crippen LogP contribution in [0.5, 0.6) is 0 Å². The van der Waals surface area contributed by atoms with Crippen LogP contribution in [0.4, 0.5) is 0 Å². The van der Waals surface area contributed by atoms with Crippen LogP contribution in [0.2, 0.25) is 0 Å². The molecule has 2 bridgehead atoms. The Kier molecular flexibility index (Phi) is 1.56. The Labute approximate surface area is 125 Å². The van der Waals surface area contributed by atoms with Gasteiger partial charge in [0.25, 0.3) is 0 Å². The average Bonchev–Trinajstić information content (AvgIpc) is 2.52. The van der Waals surface area contributed by atoms with E-state index in [2.05, 4.69) is 0 Å². The van der Waals surface area contributed by atoms with Crippen LogP contribution in [0, 0.1) is 12.8 Å². The monoisotopic (exact) mass is 261 g/mol.